The number of thiophene rings is 1. The number of benzene rings is 1. The van der Waals surface area contributed by atoms with E-state index in [-0.39, 0.29) is 10.8 Å². The molecule has 0 amide bonds. The first kappa shape index (κ1) is 13.9. The Morgan fingerprint density at radius 1 is 1.38 bits per heavy atom. The minimum absolute atomic E-state index is 0.159. The van der Waals surface area contributed by atoms with Gasteiger partial charge in [0.2, 0.25) is 0 Å². The monoisotopic (exact) mass is 313 g/mol. The number of hydrogen-bond donors (Lipinski definition) is 1. The van der Waals surface area contributed by atoms with E-state index < -0.39 is 0 Å². The maximum atomic E-state index is 12.3. The predicted molar refractivity (Wildman–Crippen MR) is 86.6 cm³/mol. The van der Waals surface area contributed by atoms with Gasteiger partial charge < -0.3 is 4.98 Å². The summed E-state index contributed by atoms with van der Waals surface area (Å²) in [6, 6.07) is 11.9. The number of nitrogens with zero attached hydrogens (tertiary/aromatic N) is 2. The van der Waals surface area contributed by atoms with E-state index in [4.69, 9.17) is 5.26 Å². The zero-order chi connectivity index (χ0) is 14.8. The van der Waals surface area contributed by atoms with Gasteiger partial charge in [-0.2, -0.15) is 5.26 Å². The highest BCUT2D eigenvalue weighted by Gasteiger charge is 2.14. The number of H-pyrrole nitrogens is 1. The van der Waals surface area contributed by atoms with Crippen molar-refractivity contribution in [2.24, 2.45) is 0 Å². The summed E-state index contributed by atoms with van der Waals surface area (Å²) >= 11 is 2.70. The topological polar surface area (TPSA) is 69.5 Å². The van der Waals surface area contributed by atoms with Crippen LogP contribution in [0.4, 0.5) is 0 Å². The van der Waals surface area contributed by atoms with Crippen molar-refractivity contribution in [1.29, 1.82) is 5.26 Å². The summed E-state index contributed by atoms with van der Waals surface area (Å²) in [6.45, 7) is 1.78. The molecular weight excluding hydrogens is 302 g/mol. The highest BCUT2D eigenvalue weighted by Crippen LogP contribution is 2.31. The molecule has 0 aliphatic rings. The highest BCUT2D eigenvalue weighted by atomic mass is 32.2. The van der Waals surface area contributed by atoms with Crippen LogP contribution in [0.25, 0.3) is 21.3 Å². The zero-order valence-electron chi connectivity index (χ0n) is 11.2. The molecule has 0 aliphatic carbocycles. The molecule has 1 atom stereocenters. The first-order chi connectivity index (χ1) is 10.2. The summed E-state index contributed by atoms with van der Waals surface area (Å²) in [5.74, 6) is 0. The molecule has 0 spiro atoms. The Kier molecular flexibility index (Phi) is 3.78. The molecule has 3 rings (SSSR count). The van der Waals surface area contributed by atoms with E-state index in [1.807, 2.05) is 35.7 Å². The van der Waals surface area contributed by atoms with Crippen molar-refractivity contribution in [3.63, 3.8) is 0 Å². The maximum Gasteiger partial charge on any atom is 0.260 e. The Morgan fingerprint density at radius 3 is 2.86 bits per heavy atom. The fraction of sp³-hybridized carbons (Fsp3) is 0.133. The van der Waals surface area contributed by atoms with Crippen molar-refractivity contribution >= 4 is 33.3 Å². The molecule has 0 saturated carbocycles. The number of thioether (sulfide) groups is 1. The average Bonchev–Trinajstić information content (AvgIpc) is 2.92. The first-order valence-corrected chi connectivity index (χ1v) is 8.08. The molecule has 2 aromatic heterocycles. The van der Waals surface area contributed by atoms with Crippen molar-refractivity contribution in [2.75, 3.05) is 0 Å². The van der Waals surface area contributed by atoms with E-state index in [0.29, 0.717) is 15.4 Å². The third-order valence-electron chi connectivity index (χ3n) is 2.98. The lowest BCUT2D eigenvalue weighted by Gasteiger charge is -2.02. The summed E-state index contributed by atoms with van der Waals surface area (Å²) in [7, 11) is 0. The molecular formula is C15H11N3OS2. The summed E-state index contributed by atoms with van der Waals surface area (Å²) in [5, 5.41) is 11.6. The smallest absolute Gasteiger partial charge is 0.260 e. The summed E-state index contributed by atoms with van der Waals surface area (Å²) in [6.07, 6.45) is 0. The lowest BCUT2D eigenvalue weighted by molar-refractivity contribution is 0.975. The Balaban J connectivity index is 2.12. The minimum atomic E-state index is -0.251. The molecule has 0 fully saturated rings. The molecule has 0 aliphatic heterocycles. The second-order valence-electron chi connectivity index (χ2n) is 4.46. The molecule has 1 N–H and O–H groups in total. The van der Waals surface area contributed by atoms with Gasteiger partial charge in [-0.15, -0.1) is 11.3 Å². The van der Waals surface area contributed by atoms with Crippen LogP contribution in [0.2, 0.25) is 0 Å². The van der Waals surface area contributed by atoms with Gasteiger partial charge in [0.1, 0.15) is 4.83 Å². The third-order valence-corrected chi connectivity index (χ3v) is 4.73. The van der Waals surface area contributed by atoms with E-state index in [0.717, 1.165) is 11.1 Å². The number of nitrogens with one attached hydrogen (secondary N) is 1. The Labute approximate surface area is 129 Å². The van der Waals surface area contributed by atoms with Crippen LogP contribution in [0.15, 0.2) is 45.7 Å². The first-order valence-electron chi connectivity index (χ1n) is 6.32. The van der Waals surface area contributed by atoms with E-state index in [1.165, 1.54) is 23.1 Å². The SMILES string of the molecule is C[C@H](C#N)Sc1nc2scc(-c3ccccc3)c2c(=O)[nH]1. The maximum absolute atomic E-state index is 12.3. The van der Waals surface area contributed by atoms with Gasteiger partial charge in [-0.3, -0.25) is 4.79 Å². The molecule has 4 nitrogen and oxygen atoms in total. The van der Waals surface area contributed by atoms with Gasteiger partial charge >= 0.3 is 0 Å². The normalized spacial score (nSPS) is 12.2. The van der Waals surface area contributed by atoms with Crippen molar-refractivity contribution < 1.29 is 0 Å². The molecule has 3 aromatic rings. The quantitative estimate of drug-likeness (QED) is 0.592. The number of fused-ring (bicyclic) bond motifs is 1. The Hall–Kier alpha value is -2.10. The molecule has 21 heavy (non-hydrogen) atoms. The Morgan fingerprint density at radius 2 is 2.14 bits per heavy atom. The minimum Gasteiger partial charge on any atom is -0.301 e. The van der Waals surface area contributed by atoms with Crippen LogP contribution < -0.4 is 5.56 Å². The highest BCUT2D eigenvalue weighted by molar-refractivity contribution is 8.00. The van der Waals surface area contributed by atoms with Crippen LogP contribution in [0.5, 0.6) is 0 Å². The fourth-order valence-electron chi connectivity index (χ4n) is 2.01. The number of aromatic amines is 1. The van der Waals surface area contributed by atoms with Crippen molar-refractivity contribution in [3.8, 4) is 17.2 Å². The number of hydrogen-bond acceptors (Lipinski definition) is 5. The van der Waals surface area contributed by atoms with Gasteiger partial charge in [0, 0.05) is 10.9 Å². The molecule has 0 saturated heterocycles. The van der Waals surface area contributed by atoms with E-state index in [2.05, 4.69) is 16.0 Å². The predicted octanol–water partition coefficient (Wildman–Crippen LogP) is 3.66. The van der Waals surface area contributed by atoms with Crippen molar-refractivity contribution in [2.45, 2.75) is 17.3 Å². The van der Waals surface area contributed by atoms with Gasteiger partial charge in [-0.05, 0) is 12.5 Å². The van der Waals surface area contributed by atoms with Gasteiger partial charge in [0.15, 0.2) is 5.16 Å². The van der Waals surface area contributed by atoms with Gasteiger partial charge in [-0.25, -0.2) is 4.98 Å². The average molecular weight is 313 g/mol. The standard InChI is InChI=1S/C15H11N3OS2/c1-9(7-16)21-15-17-13(19)12-11(8-20-14(12)18-15)10-5-3-2-4-6-10/h2-6,8-9H,1H3,(H,17,18,19)/t9-/m1/s1. The van der Waals surface area contributed by atoms with E-state index in [1.54, 1.807) is 6.92 Å². The van der Waals surface area contributed by atoms with Gasteiger partial charge in [0.05, 0.1) is 16.7 Å². The second kappa shape index (κ2) is 5.72. The summed E-state index contributed by atoms with van der Waals surface area (Å²) in [4.78, 5) is 20.2. The van der Waals surface area contributed by atoms with Crippen LogP contribution in [-0.4, -0.2) is 15.2 Å². The van der Waals surface area contributed by atoms with Crippen LogP contribution in [-0.2, 0) is 0 Å². The fourth-order valence-corrected chi connectivity index (χ4v) is 3.70. The number of nitriles is 1. The lowest BCUT2D eigenvalue weighted by atomic mass is 10.1. The number of rotatable bonds is 3. The molecule has 2 heterocycles. The van der Waals surface area contributed by atoms with Crippen LogP contribution in [0.1, 0.15) is 6.92 Å². The van der Waals surface area contributed by atoms with Crippen LogP contribution in [0, 0.1) is 11.3 Å². The van der Waals surface area contributed by atoms with Crippen molar-refractivity contribution in [3.05, 3.63) is 46.1 Å². The lowest BCUT2D eigenvalue weighted by Crippen LogP contribution is -2.09. The molecule has 1 aromatic carbocycles. The molecule has 0 bridgehead atoms. The van der Waals surface area contributed by atoms with Crippen LogP contribution >= 0.6 is 23.1 Å². The zero-order valence-corrected chi connectivity index (χ0v) is 12.8. The van der Waals surface area contributed by atoms with Crippen molar-refractivity contribution in [1.82, 2.24) is 9.97 Å². The van der Waals surface area contributed by atoms with Gasteiger partial charge in [0.25, 0.3) is 5.56 Å². The van der Waals surface area contributed by atoms with E-state index >= 15 is 0 Å². The summed E-state index contributed by atoms with van der Waals surface area (Å²) < 4.78 is 0. The third kappa shape index (κ3) is 2.71. The molecule has 0 unspecified atom stereocenters. The van der Waals surface area contributed by atoms with Gasteiger partial charge in [-0.1, -0.05) is 42.1 Å². The van der Waals surface area contributed by atoms with Crippen LogP contribution in [0.3, 0.4) is 0 Å². The second-order valence-corrected chi connectivity index (χ2v) is 6.64. The Bertz CT molecular complexity index is 877. The molecule has 0 radical (unpaired) electrons. The largest absolute Gasteiger partial charge is 0.301 e. The summed E-state index contributed by atoms with van der Waals surface area (Å²) in [5.41, 5.74) is 1.74. The number of aromatic nitrogens is 2. The van der Waals surface area contributed by atoms with E-state index in [9.17, 15) is 4.79 Å². The molecule has 104 valence electrons. The molecule has 6 heteroatoms.